The lowest BCUT2D eigenvalue weighted by atomic mass is 10.3. The van der Waals surface area contributed by atoms with E-state index in [-0.39, 0.29) is 17.5 Å². The van der Waals surface area contributed by atoms with Crippen molar-refractivity contribution in [1.29, 1.82) is 0 Å². The maximum atomic E-state index is 11.0. The normalized spacial score (nSPS) is 8.75. The molecule has 0 spiro atoms. The van der Waals surface area contributed by atoms with Gasteiger partial charge in [-0.05, 0) is 26.0 Å². The number of rotatable bonds is 3. The first kappa shape index (κ1) is 17.4. The molecule has 108 valence electrons. The zero-order valence-corrected chi connectivity index (χ0v) is 11.8. The number of ether oxygens (including phenoxy) is 2. The monoisotopic (exact) mass is 278 g/mol. The number of phenolic OH excluding ortho intramolecular Hbond substituents is 1. The van der Waals surface area contributed by atoms with Crippen LogP contribution in [-0.2, 0) is 14.3 Å². The van der Waals surface area contributed by atoms with E-state index in [1.165, 1.54) is 19.2 Å². The summed E-state index contributed by atoms with van der Waals surface area (Å²) in [7, 11) is 1.33. The Morgan fingerprint density at radius 2 is 1.55 bits per heavy atom. The van der Waals surface area contributed by atoms with E-state index >= 15 is 0 Å². The number of hydrogen-bond acceptors (Lipinski definition) is 5. The summed E-state index contributed by atoms with van der Waals surface area (Å²) in [4.78, 5) is 21.2. The van der Waals surface area contributed by atoms with E-state index in [2.05, 4.69) is 17.9 Å². The molecule has 0 atom stereocenters. The van der Waals surface area contributed by atoms with Gasteiger partial charge in [0, 0.05) is 11.1 Å². The molecular weight excluding hydrogens is 260 g/mol. The lowest BCUT2D eigenvalue weighted by molar-refractivity contribution is -0.136. The summed E-state index contributed by atoms with van der Waals surface area (Å²) in [6.07, 6.45) is 0. The van der Waals surface area contributed by atoms with Gasteiger partial charge in [-0.1, -0.05) is 25.3 Å². The number of phenols is 1. The van der Waals surface area contributed by atoms with Crippen LogP contribution in [0.2, 0.25) is 0 Å². The van der Waals surface area contributed by atoms with Gasteiger partial charge >= 0.3 is 11.9 Å². The summed E-state index contributed by atoms with van der Waals surface area (Å²) in [6.45, 7) is 9.92. The second kappa shape index (κ2) is 8.53. The standard InChI is InChI=1S/C10H10O3.C5H8O2/c1-7(2)10(12)13-9-6-4-3-5-8(9)11;1-4(2)5(6)7-3/h3-6,11H,1H2,2H3;1H2,2-3H3. The number of aromatic hydroxyl groups is 1. The number of esters is 2. The van der Waals surface area contributed by atoms with E-state index in [0.29, 0.717) is 11.1 Å². The Morgan fingerprint density at radius 1 is 1.05 bits per heavy atom. The van der Waals surface area contributed by atoms with Crippen molar-refractivity contribution in [2.45, 2.75) is 13.8 Å². The predicted octanol–water partition coefficient (Wildman–Crippen LogP) is 2.61. The van der Waals surface area contributed by atoms with Crippen LogP contribution in [0.1, 0.15) is 13.8 Å². The van der Waals surface area contributed by atoms with Gasteiger partial charge in [0.2, 0.25) is 0 Å². The third-order valence-electron chi connectivity index (χ3n) is 1.95. The van der Waals surface area contributed by atoms with Gasteiger partial charge in [-0.2, -0.15) is 0 Å². The van der Waals surface area contributed by atoms with Gasteiger partial charge < -0.3 is 14.6 Å². The average molecular weight is 278 g/mol. The number of hydrogen-bond donors (Lipinski definition) is 1. The molecule has 0 unspecified atom stereocenters. The SMILES string of the molecule is C=C(C)C(=O)OC.C=C(C)C(=O)Oc1ccccc1O. The molecule has 0 bridgehead atoms. The van der Waals surface area contributed by atoms with E-state index in [9.17, 15) is 14.7 Å². The van der Waals surface area contributed by atoms with Gasteiger partial charge in [-0.15, -0.1) is 0 Å². The van der Waals surface area contributed by atoms with E-state index in [1.807, 2.05) is 0 Å². The zero-order valence-electron chi connectivity index (χ0n) is 11.8. The first-order chi connectivity index (χ1) is 9.29. The summed E-state index contributed by atoms with van der Waals surface area (Å²) in [5.41, 5.74) is 0.728. The van der Waals surface area contributed by atoms with Crippen LogP contribution in [0.25, 0.3) is 0 Å². The molecule has 1 rings (SSSR count). The van der Waals surface area contributed by atoms with Crippen molar-refractivity contribution in [2.75, 3.05) is 7.11 Å². The molecule has 0 aromatic heterocycles. The lowest BCUT2D eigenvalue weighted by Crippen LogP contribution is -2.08. The Balaban J connectivity index is 0.000000441. The second-order valence-corrected chi connectivity index (χ2v) is 3.91. The molecule has 0 aliphatic carbocycles. The molecule has 0 aliphatic rings. The highest BCUT2D eigenvalue weighted by molar-refractivity contribution is 5.89. The maximum absolute atomic E-state index is 11.0. The predicted molar refractivity (Wildman–Crippen MR) is 75.4 cm³/mol. The summed E-state index contributed by atoms with van der Waals surface area (Å²) >= 11 is 0. The van der Waals surface area contributed by atoms with Crippen LogP contribution in [0.4, 0.5) is 0 Å². The van der Waals surface area contributed by atoms with Crippen LogP contribution in [-0.4, -0.2) is 24.2 Å². The molecule has 0 radical (unpaired) electrons. The van der Waals surface area contributed by atoms with Gasteiger partial charge in [0.15, 0.2) is 11.5 Å². The topological polar surface area (TPSA) is 72.8 Å². The summed E-state index contributed by atoms with van der Waals surface area (Å²) in [5, 5.41) is 9.23. The minimum absolute atomic E-state index is 0.0582. The molecule has 0 heterocycles. The highest BCUT2D eigenvalue weighted by Gasteiger charge is 2.07. The summed E-state index contributed by atoms with van der Waals surface area (Å²) in [5.74, 6) is -0.797. The van der Waals surface area contributed by atoms with Crippen LogP contribution in [0.5, 0.6) is 11.5 Å². The zero-order chi connectivity index (χ0) is 15.7. The number of carbonyl (C=O) groups excluding carboxylic acids is 2. The molecule has 20 heavy (non-hydrogen) atoms. The Hall–Kier alpha value is -2.56. The Kier molecular flexibility index (Phi) is 7.43. The van der Waals surface area contributed by atoms with Gasteiger partial charge in [0.25, 0.3) is 0 Å². The lowest BCUT2D eigenvalue weighted by Gasteiger charge is -2.04. The van der Waals surface area contributed by atoms with Crippen molar-refractivity contribution in [3.63, 3.8) is 0 Å². The van der Waals surface area contributed by atoms with Crippen LogP contribution in [0.3, 0.4) is 0 Å². The number of methoxy groups -OCH3 is 1. The van der Waals surface area contributed by atoms with Gasteiger partial charge in [0.05, 0.1) is 7.11 Å². The maximum Gasteiger partial charge on any atom is 0.338 e. The van der Waals surface area contributed by atoms with E-state index in [4.69, 9.17) is 4.74 Å². The first-order valence-electron chi connectivity index (χ1n) is 5.69. The number of para-hydroxylation sites is 2. The van der Waals surface area contributed by atoms with Crippen molar-refractivity contribution in [1.82, 2.24) is 0 Å². The van der Waals surface area contributed by atoms with Crippen LogP contribution in [0, 0.1) is 0 Å². The minimum Gasteiger partial charge on any atom is -0.504 e. The average Bonchev–Trinajstić information content (AvgIpc) is 2.40. The Labute approximate surface area is 118 Å². The van der Waals surface area contributed by atoms with Crippen molar-refractivity contribution in [3.8, 4) is 11.5 Å². The van der Waals surface area contributed by atoms with Crippen LogP contribution < -0.4 is 4.74 Å². The van der Waals surface area contributed by atoms with Gasteiger partial charge in [0.1, 0.15) is 0 Å². The molecule has 0 amide bonds. The molecule has 5 nitrogen and oxygen atoms in total. The highest BCUT2D eigenvalue weighted by Crippen LogP contribution is 2.24. The summed E-state index contributed by atoms with van der Waals surface area (Å²) in [6, 6.07) is 6.27. The van der Waals surface area contributed by atoms with Crippen LogP contribution in [0.15, 0.2) is 48.6 Å². The third-order valence-corrected chi connectivity index (χ3v) is 1.95. The molecule has 0 aliphatic heterocycles. The highest BCUT2D eigenvalue weighted by atomic mass is 16.5. The Morgan fingerprint density at radius 3 is 1.90 bits per heavy atom. The minimum atomic E-state index is -0.540. The summed E-state index contributed by atoms with van der Waals surface area (Å²) < 4.78 is 9.09. The fourth-order valence-electron chi connectivity index (χ4n) is 0.905. The Bertz CT molecular complexity index is 517. The molecule has 0 saturated heterocycles. The van der Waals surface area contributed by atoms with E-state index in [0.717, 1.165) is 0 Å². The van der Waals surface area contributed by atoms with Crippen molar-refractivity contribution >= 4 is 11.9 Å². The smallest absolute Gasteiger partial charge is 0.338 e. The number of benzene rings is 1. The second-order valence-electron chi connectivity index (χ2n) is 3.91. The molecule has 5 heteroatoms. The third kappa shape index (κ3) is 6.39. The van der Waals surface area contributed by atoms with E-state index < -0.39 is 5.97 Å². The number of carbonyl (C=O) groups is 2. The van der Waals surface area contributed by atoms with E-state index in [1.54, 1.807) is 26.0 Å². The van der Waals surface area contributed by atoms with Crippen molar-refractivity contribution in [2.24, 2.45) is 0 Å². The fraction of sp³-hybridized carbons (Fsp3) is 0.200. The first-order valence-corrected chi connectivity index (χ1v) is 5.69. The molecule has 1 aromatic carbocycles. The molecular formula is C15H18O5. The van der Waals surface area contributed by atoms with Gasteiger partial charge in [-0.3, -0.25) is 0 Å². The molecule has 1 N–H and O–H groups in total. The molecule has 1 aromatic rings. The fourth-order valence-corrected chi connectivity index (χ4v) is 0.905. The van der Waals surface area contributed by atoms with Crippen molar-refractivity contribution < 1.29 is 24.2 Å². The molecule has 0 fully saturated rings. The molecule has 0 saturated carbocycles. The largest absolute Gasteiger partial charge is 0.504 e. The van der Waals surface area contributed by atoms with Gasteiger partial charge in [-0.25, -0.2) is 9.59 Å². The van der Waals surface area contributed by atoms with Crippen molar-refractivity contribution in [3.05, 3.63) is 48.6 Å². The quantitative estimate of drug-likeness (QED) is 0.522. The van der Waals surface area contributed by atoms with Crippen LogP contribution >= 0.6 is 0 Å².